The Kier molecular flexibility index (Phi) is 4.34. The number of amides is 1. The van der Waals surface area contributed by atoms with Gasteiger partial charge in [-0.2, -0.15) is 0 Å². The maximum absolute atomic E-state index is 12.9. The zero-order valence-electron chi connectivity index (χ0n) is 14.6. The third kappa shape index (κ3) is 3.04. The van der Waals surface area contributed by atoms with Crippen LogP contribution in [0, 0.1) is 0 Å². The lowest BCUT2D eigenvalue weighted by Crippen LogP contribution is -2.36. The standard InChI is InChI=1S/C19H21NO6/c1-20(11-13-2-3-15-16(10-13)26-12-25-15)18(21)14-4-7-24-17(14)19(22)5-8-23-9-6-19/h2-4,7,10,22H,5-6,8-9,11-12H2,1H3. The lowest BCUT2D eigenvalue weighted by molar-refractivity contribution is -0.0805. The first-order valence-corrected chi connectivity index (χ1v) is 8.59. The second-order valence-corrected chi connectivity index (χ2v) is 6.66. The smallest absolute Gasteiger partial charge is 0.257 e. The van der Waals surface area contributed by atoms with Gasteiger partial charge >= 0.3 is 0 Å². The molecule has 0 aliphatic carbocycles. The Bertz CT molecular complexity index is 808. The Morgan fingerprint density at radius 1 is 1.19 bits per heavy atom. The molecule has 0 atom stereocenters. The van der Waals surface area contributed by atoms with Crippen LogP contribution in [0.25, 0.3) is 0 Å². The molecule has 1 N–H and O–H groups in total. The van der Waals surface area contributed by atoms with Crippen molar-refractivity contribution in [1.29, 1.82) is 0 Å². The van der Waals surface area contributed by atoms with Crippen LogP contribution in [0.2, 0.25) is 0 Å². The van der Waals surface area contributed by atoms with Crippen LogP contribution in [-0.2, 0) is 16.9 Å². The summed E-state index contributed by atoms with van der Waals surface area (Å²) in [6, 6.07) is 7.22. The fourth-order valence-electron chi connectivity index (χ4n) is 3.36. The summed E-state index contributed by atoms with van der Waals surface area (Å²) in [5.41, 5.74) is 0.157. The molecule has 0 bridgehead atoms. The summed E-state index contributed by atoms with van der Waals surface area (Å²) in [5, 5.41) is 10.9. The molecule has 1 aromatic carbocycles. The lowest BCUT2D eigenvalue weighted by atomic mass is 9.89. The molecule has 1 saturated heterocycles. The number of hydrogen-bond acceptors (Lipinski definition) is 6. The fraction of sp³-hybridized carbons (Fsp3) is 0.421. The van der Waals surface area contributed by atoms with E-state index in [1.54, 1.807) is 18.0 Å². The normalized spacial score (nSPS) is 17.9. The Balaban J connectivity index is 1.52. The van der Waals surface area contributed by atoms with Gasteiger partial charge < -0.3 is 28.6 Å². The van der Waals surface area contributed by atoms with Crippen LogP contribution < -0.4 is 9.47 Å². The molecule has 0 saturated carbocycles. The number of hydrogen-bond donors (Lipinski definition) is 1. The fourth-order valence-corrected chi connectivity index (χ4v) is 3.36. The zero-order valence-corrected chi connectivity index (χ0v) is 14.6. The molecule has 0 unspecified atom stereocenters. The van der Waals surface area contributed by atoms with Crippen LogP contribution in [0.5, 0.6) is 11.5 Å². The van der Waals surface area contributed by atoms with Crippen molar-refractivity contribution in [1.82, 2.24) is 4.90 Å². The minimum atomic E-state index is -1.16. The van der Waals surface area contributed by atoms with E-state index < -0.39 is 5.60 Å². The van der Waals surface area contributed by atoms with Gasteiger partial charge in [-0.1, -0.05) is 6.07 Å². The van der Waals surface area contributed by atoms with Crippen molar-refractivity contribution in [2.45, 2.75) is 25.0 Å². The minimum absolute atomic E-state index is 0.202. The van der Waals surface area contributed by atoms with Crippen LogP contribution in [0.4, 0.5) is 0 Å². The number of carbonyl (C=O) groups is 1. The van der Waals surface area contributed by atoms with Crippen molar-refractivity contribution in [2.75, 3.05) is 27.1 Å². The van der Waals surface area contributed by atoms with Crippen LogP contribution in [0.3, 0.4) is 0 Å². The average molecular weight is 359 g/mol. The Morgan fingerprint density at radius 2 is 1.96 bits per heavy atom. The van der Waals surface area contributed by atoms with E-state index in [2.05, 4.69) is 0 Å². The lowest BCUT2D eigenvalue weighted by Gasteiger charge is -2.31. The van der Waals surface area contributed by atoms with Gasteiger partial charge in [0.05, 0.1) is 11.8 Å². The molecule has 1 fully saturated rings. The third-order valence-corrected chi connectivity index (χ3v) is 4.84. The summed E-state index contributed by atoms with van der Waals surface area (Å²) < 4.78 is 21.5. The maximum Gasteiger partial charge on any atom is 0.257 e. The van der Waals surface area contributed by atoms with E-state index in [4.69, 9.17) is 18.6 Å². The molecule has 2 aromatic rings. The van der Waals surface area contributed by atoms with Crippen molar-refractivity contribution in [2.24, 2.45) is 0 Å². The molecule has 7 nitrogen and oxygen atoms in total. The van der Waals surface area contributed by atoms with E-state index in [-0.39, 0.29) is 12.7 Å². The van der Waals surface area contributed by atoms with Crippen molar-refractivity contribution >= 4 is 5.91 Å². The van der Waals surface area contributed by atoms with Gasteiger partial charge in [-0.3, -0.25) is 4.79 Å². The van der Waals surface area contributed by atoms with Gasteiger partial charge in [0.2, 0.25) is 6.79 Å². The highest BCUT2D eigenvalue weighted by molar-refractivity contribution is 5.95. The van der Waals surface area contributed by atoms with Crippen molar-refractivity contribution in [3.05, 3.63) is 47.4 Å². The SMILES string of the molecule is CN(Cc1ccc2c(c1)OCO2)C(=O)c1ccoc1C1(O)CCOCC1. The van der Waals surface area contributed by atoms with Crippen LogP contribution >= 0.6 is 0 Å². The van der Waals surface area contributed by atoms with E-state index in [0.717, 1.165) is 5.56 Å². The topological polar surface area (TPSA) is 81.4 Å². The third-order valence-electron chi connectivity index (χ3n) is 4.84. The quantitative estimate of drug-likeness (QED) is 0.902. The highest BCUT2D eigenvalue weighted by Crippen LogP contribution is 2.36. The Hall–Kier alpha value is -2.51. The molecule has 4 rings (SSSR count). The highest BCUT2D eigenvalue weighted by atomic mass is 16.7. The summed E-state index contributed by atoms with van der Waals surface area (Å²) in [7, 11) is 1.72. The number of benzene rings is 1. The molecule has 138 valence electrons. The van der Waals surface area contributed by atoms with E-state index in [9.17, 15) is 9.90 Å². The zero-order chi connectivity index (χ0) is 18.1. The highest BCUT2D eigenvalue weighted by Gasteiger charge is 2.38. The summed E-state index contributed by atoms with van der Waals surface area (Å²) in [4.78, 5) is 14.5. The average Bonchev–Trinajstić information content (AvgIpc) is 3.31. The summed E-state index contributed by atoms with van der Waals surface area (Å²) in [6.07, 6.45) is 2.27. The van der Waals surface area contributed by atoms with Crippen LogP contribution in [0.1, 0.15) is 34.5 Å². The van der Waals surface area contributed by atoms with Crippen LogP contribution in [-0.4, -0.2) is 43.0 Å². The van der Waals surface area contributed by atoms with E-state index in [0.29, 0.717) is 55.4 Å². The van der Waals surface area contributed by atoms with Gasteiger partial charge in [-0.15, -0.1) is 0 Å². The molecule has 0 spiro atoms. The van der Waals surface area contributed by atoms with Gasteiger partial charge in [0.1, 0.15) is 11.4 Å². The monoisotopic (exact) mass is 359 g/mol. The number of fused-ring (bicyclic) bond motifs is 1. The van der Waals surface area contributed by atoms with E-state index in [1.807, 2.05) is 18.2 Å². The molecule has 2 aliphatic heterocycles. The largest absolute Gasteiger partial charge is 0.465 e. The number of aliphatic hydroxyl groups is 1. The van der Waals surface area contributed by atoms with E-state index in [1.165, 1.54) is 6.26 Å². The summed E-state index contributed by atoms with van der Waals surface area (Å²) >= 11 is 0. The predicted molar refractivity (Wildman–Crippen MR) is 91.0 cm³/mol. The maximum atomic E-state index is 12.9. The van der Waals surface area contributed by atoms with Crippen molar-refractivity contribution < 1.29 is 28.5 Å². The number of rotatable bonds is 4. The molecule has 3 heterocycles. The molecule has 0 radical (unpaired) electrons. The van der Waals surface area contributed by atoms with E-state index >= 15 is 0 Å². The van der Waals surface area contributed by atoms with Crippen LogP contribution in [0.15, 0.2) is 34.9 Å². The predicted octanol–water partition coefficient (Wildman–Crippen LogP) is 2.28. The van der Waals surface area contributed by atoms with Gasteiger partial charge in [0.15, 0.2) is 11.5 Å². The first-order valence-electron chi connectivity index (χ1n) is 8.59. The number of nitrogens with zero attached hydrogens (tertiary/aromatic N) is 1. The van der Waals surface area contributed by atoms with Crippen molar-refractivity contribution in [3.8, 4) is 11.5 Å². The number of carbonyl (C=O) groups excluding carboxylic acids is 1. The summed E-state index contributed by atoms with van der Waals surface area (Å²) in [6.45, 7) is 1.51. The van der Waals surface area contributed by atoms with Crippen molar-refractivity contribution in [3.63, 3.8) is 0 Å². The summed E-state index contributed by atoms with van der Waals surface area (Å²) in [5.74, 6) is 1.51. The minimum Gasteiger partial charge on any atom is -0.465 e. The molecule has 26 heavy (non-hydrogen) atoms. The number of ether oxygens (including phenoxy) is 3. The molecule has 1 aromatic heterocycles. The first kappa shape index (κ1) is 16.9. The van der Waals surface area contributed by atoms with Gasteiger partial charge in [0, 0.05) is 39.6 Å². The molecule has 2 aliphatic rings. The molecular formula is C19H21NO6. The molecule has 7 heteroatoms. The van der Waals surface area contributed by atoms with Gasteiger partial charge in [-0.05, 0) is 23.8 Å². The second-order valence-electron chi connectivity index (χ2n) is 6.66. The first-order chi connectivity index (χ1) is 12.6. The van der Waals surface area contributed by atoms with Gasteiger partial charge in [-0.25, -0.2) is 0 Å². The number of furan rings is 1. The Labute approximate surface area is 151 Å². The Morgan fingerprint density at radius 3 is 2.77 bits per heavy atom. The molecule has 1 amide bonds. The van der Waals surface area contributed by atoms with Gasteiger partial charge in [0.25, 0.3) is 5.91 Å². The molecular weight excluding hydrogens is 338 g/mol. The second kappa shape index (κ2) is 6.66.